The predicted octanol–water partition coefficient (Wildman–Crippen LogP) is 3.44. The summed E-state index contributed by atoms with van der Waals surface area (Å²) < 4.78 is 15.7. The van der Waals surface area contributed by atoms with Crippen LogP contribution >= 0.6 is 11.3 Å². The highest BCUT2D eigenvalue weighted by atomic mass is 32.1. The maximum atomic E-state index is 13.5. The first kappa shape index (κ1) is 13.3. The molecule has 20 heavy (non-hydrogen) atoms. The largest absolute Gasteiger partial charge is 0.307 e. The van der Waals surface area contributed by atoms with Crippen molar-refractivity contribution in [3.05, 3.63) is 58.1 Å². The second kappa shape index (κ2) is 5.34. The van der Waals surface area contributed by atoms with Gasteiger partial charge < -0.3 is 5.32 Å². The highest BCUT2D eigenvalue weighted by Gasteiger charge is 2.11. The quantitative estimate of drug-likeness (QED) is 0.797. The summed E-state index contributed by atoms with van der Waals surface area (Å²) in [4.78, 5) is 5.56. The van der Waals surface area contributed by atoms with Gasteiger partial charge in [-0.3, -0.25) is 4.40 Å². The van der Waals surface area contributed by atoms with E-state index in [1.807, 2.05) is 13.0 Å². The summed E-state index contributed by atoms with van der Waals surface area (Å²) in [6.45, 7) is 5.28. The van der Waals surface area contributed by atoms with E-state index in [2.05, 4.69) is 27.0 Å². The van der Waals surface area contributed by atoms with Crippen molar-refractivity contribution in [1.82, 2.24) is 14.7 Å². The van der Waals surface area contributed by atoms with Crippen LogP contribution in [-0.4, -0.2) is 9.38 Å². The first-order chi connectivity index (χ1) is 9.66. The van der Waals surface area contributed by atoms with E-state index in [1.165, 1.54) is 11.8 Å². The van der Waals surface area contributed by atoms with Crippen LogP contribution in [0, 0.1) is 19.7 Å². The Balaban J connectivity index is 1.76. The van der Waals surface area contributed by atoms with Crippen molar-refractivity contribution in [1.29, 1.82) is 0 Å². The summed E-state index contributed by atoms with van der Waals surface area (Å²) in [6.07, 6.45) is 0. The fourth-order valence-corrected chi connectivity index (χ4v) is 3.26. The van der Waals surface area contributed by atoms with E-state index in [1.54, 1.807) is 23.5 Å². The molecule has 5 heteroatoms. The molecule has 0 aliphatic carbocycles. The third kappa shape index (κ3) is 2.34. The lowest BCUT2D eigenvalue weighted by Gasteiger charge is -2.07. The van der Waals surface area contributed by atoms with Crippen molar-refractivity contribution >= 4 is 16.3 Å². The number of aryl methyl sites for hydroxylation is 2. The lowest BCUT2D eigenvalue weighted by Crippen LogP contribution is -2.15. The first-order valence-corrected chi connectivity index (χ1v) is 7.41. The van der Waals surface area contributed by atoms with Gasteiger partial charge in [-0.2, -0.15) is 0 Å². The van der Waals surface area contributed by atoms with Crippen LogP contribution in [0.5, 0.6) is 0 Å². The van der Waals surface area contributed by atoms with Crippen LogP contribution in [0.1, 0.15) is 22.6 Å². The minimum Gasteiger partial charge on any atom is -0.307 e. The van der Waals surface area contributed by atoms with E-state index in [9.17, 15) is 4.39 Å². The van der Waals surface area contributed by atoms with Crippen molar-refractivity contribution < 1.29 is 4.39 Å². The smallest absolute Gasteiger partial charge is 0.194 e. The number of imidazole rings is 1. The average Bonchev–Trinajstić information content (AvgIpc) is 2.93. The van der Waals surface area contributed by atoms with Crippen LogP contribution in [0.4, 0.5) is 4.39 Å². The molecule has 0 unspecified atom stereocenters. The zero-order valence-corrected chi connectivity index (χ0v) is 12.3. The number of thiazole rings is 1. The number of benzene rings is 1. The van der Waals surface area contributed by atoms with Crippen LogP contribution in [0.25, 0.3) is 4.96 Å². The maximum Gasteiger partial charge on any atom is 0.194 e. The van der Waals surface area contributed by atoms with E-state index in [0.717, 1.165) is 16.3 Å². The van der Waals surface area contributed by atoms with E-state index in [0.29, 0.717) is 18.7 Å². The molecule has 0 aliphatic heterocycles. The van der Waals surface area contributed by atoms with Gasteiger partial charge in [0.25, 0.3) is 0 Å². The molecule has 104 valence electrons. The first-order valence-electron chi connectivity index (χ1n) is 6.53. The third-order valence-electron chi connectivity index (χ3n) is 3.40. The number of aromatic nitrogens is 2. The molecular weight excluding hydrogens is 273 g/mol. The van der Waals surface area contributed by atoms with Crippen LogP contribution in [0.15, 0.2) is 29.6 Å². The Labute approximate surface area is 121 Å². The summed E-state index contributed by atoms with van der Waals surface area (Å²) in [5.74, 6) is -0.165. The standard InChI is InChI=1S/C15H16FN3S/c1-10-9-20-15-18-11(2)14(19(10)15)8-17-7-12-5-3-4-6-13(12)16/h3-6,9,17H,7-8H2,1-2H3. The fraction of sp³-hybridized carbons (Fsp3) is 0.267. The van der Waals surface area contributed by atoms with Crippen LogP contribution in [0.2, 0.25) is 0 Å². The second-order valence-corrected chi connectivity index (χ2v) is 5.67. The Hall–Kier alpha value is -1.72. The lowest BCUT2D eigenvalue weighted by molar-refractivity contribution is 0.584. The van der Waals surface area contributed by atoms with E-state index < -0.39 is 0 Å². The summed E-state index contributed by atoms with van der Waals surface area (Å²) in [5.41, 5.74) is 4.05. The molecule has 3 nitrogen and oxygen atoms in total. The van der Waals surface area contributed by atoms with Gasteiger partial charge in [0.2, 0.25) is 0 Å². The Morgan fingerprint density at radius 3 is 2.85 bits per heavy atom. The van der Waals surface area contributed by atoms with Crippen LogP contribution < -0.4 is 5.32 Å². The number of nitrogens with one attached hydrogen (secondary N) is 1. The number of hydrogen-bond acceptors (Lipinski definition) is 3. The minimum absolute atomic E-state index is 0.165. The Morgan fingerprint density at radius 2 is 2.05 bits per heavy atom. The van der Waals surface area contributed by atoms with Crippen LogP contribution in [0.3, 0.4) is 0 Å². The van der Waals surface area contributed by atoms with Gasteiger partial charge in [-0.25, -0.2) is 9.37 Å². The van der Waals surface area contributed by atoms with E-state index >= 15 is 0 Å². The van der Waals surface area contributed by atoms with Crippen molar-refractivity contribution in [2.24, 2.45) is 0 Å². The Kier molecular flexibility index (Phi) is 3.54. The molecular formula is C15H16FN3S. The van der Waals surface area contributed by atoms with Crippen molar-refractivity contribution in [2.75, 3.05) is 0 Å². The van der Waals surface area contributed by atoms with E-state index in [-0.39, 0.29) is 5.82 Å². The monoisotopic (exact) mass is 289 g/mol. The van der Waals surface area contributed by atoms with Gasteiger partial charge in [0, 0.05) is 29.7 Å². The molecule has 3 aromatic rings. The van der Waals surface area contributed by atoms with Gasteiger partial charge in [-0.1, -0.05) is 18.2 Å². The number of halogens is 1. The topological polar surface area (TPSA) is 29.3 Å². The van der Waals surface area contributed by atoms with Gasteiger partial charge >= 0.3 is 0 Å². The van der Waals surface area contributed by atoms with Crippen molar-refractivity contribution in [3.8, 4) is 0 Å². The molecule has 2 heterocycles. The summed E-state index contributed by atoms with van der Waals surface area (Å²) in [7, 11) is 0. The molecule has 1 N–H and O–H groups in total. The molecule has 0 saturated heterocycles. The molecule has 1 aromatic carbocycles. The average molecular weight is 289 g/mol. The summed E-state index contributed by atoms with van der Waals surface area (Å²) >= 11 is 1.65. The predicted molar refractivity (Wildman–Crippen MR) is 79.5 cm³/mol. The number of fused-ring (bicyclic) bond motifs is 1. The highest BCUT2D eigenvalue weighted by molar-refractivity contribution is 7.15. The molecule has 0 bridgehead atoms. The SMILES string of the molecule is Cc1nc2scc(C)n2c1CNCc1ccccc1F. The molecule has 0 radical (unpaired) electrons. The van der Waals surface area contributed by atoms with Gasteiger partial charge in [-0.15, -0.1) is 11.3 Å². The highest BCUT2D eigenvalue weighted by Crippen LogP contribution is 2.20. The zero-order chi connectivity index (χ0) is 14.1. The van der Waals surface area contributed by atoms with Gasteiger partial charge in [0.1, 0.15) is 5.82 Å². The van der Waals surface area contributed by atoms with E-state index in [4.69, 9.17) is 0 Å². The lowest BCUT2D eigenvalue weighted by atomic mass is 10.2. The molecule has 0 amide bonds. The number of hydrogen-bond donors (Lipinski definition) is 1. The zero-order valence-electron chi connectivity index (χ0n) is 11.5. The summed E-state index contributed by atoms with van der Waals surface area (Å²) in [6, 6.07) is 6.85. The molecule has 0 fully saturated rings. The second-order valence-electron chi connectivity index (χ2n) is 4.83. The minimum atomic E-state index is -0.165. The molecule has 2 aromatic heterocycles. The van der Waals surface area contributed by atoms with Gasteiger partial charge in [0.05, 0.1) is 11.4 Å². The molecule has 0 atom stereocenters. The van der Waals surface area contributed by atoms with Gasteiger partial charge in [-0.05, 0) is 19.9 Å². The Morgan fingerprint density at radius 1 is 1.25 bits per heavy atom. The van der Waals surface area contributed by atoms with Gasteiger partial charge in [0.15, 0.2) is 4.96 Å². The van der Waals surface area contributed by atoms with Crippen molar-refractivity contribution in [3.63, 3.8) is 0 Å². The molecule has 3 rings (SSSR count). The Bertz CT molecular complexity index is 745. The van der Waals surface area contributed by atoms with Crippen LogP contribution in [-0.2, 0) is 13.1 Å². The normalized spacial score (nSPS) is 11.3. The summed E-state index contributed by atoms with van der Waals surface area (Å²) in [5, 5.41) is 5.40. The number of rotatable bonds is 4. The van der Waals surface area contributed by atoms with Crippen molar-refractivity contribution in [2.45, 2.75) is 26.9 Å². The molecule has 0 saturated carbocycles. The molecule has 0 spiro atoms. The number of nitrogens with zero attached hydrogens (tertiary/aromatic N) is 2. The molecule has 0 aliphatic rings. The fourth-order valence-electron chi connectivity index (χ4n) is 2.33. The maximum absolute atomic E-state index is 13.5. The third-order valence-corrected chi connectivity index (χ3v) is 4.34.